The van der Waals surface area contributed by atoms with Crippen molar-refractivity contribution in [2.24, 2.45) is 5.73 Å². The van der Waals surface area contributed by atoms with Gasteiger partial charge in [0, 0.05) is 23.8 Å². The zero-order valence-electron chi connectivity index (χ0n) is 10.5. The van der Waals surface area contributed by atoms with Crippen LogP contribution in [-0.2, 0) is 4.79 Å². The molecule has 1 aliphatic heterocycles. The predicted octanol–water partition coefficient (Wildman–Crippen LogP) is 1.44. The lowest BCUT2D eigenvalue weighted by Crippen LogP contribution is -2.55. The Morgan fingerprint density at radius 2 is 2.06 bits per heavy atom. The van der Waals surface area contributed by atoms with E-state index in [1.165, 1.54) is 0 Å². The number of hydrogen-bond acceptors (Lipinski definition) is 3. The van der Waals surface area contributed by atoms with Gasteiger partial charge in [0.1, 0.15) is 0 Å². The molecule has 1 aliphatic rings. The number of anilines is 1. The van der Waals surface area contributed by atoms with Crippen molar-refractivity contribution in [1.82, 2.24) is 4.90 Å². The number of likely N-dealkylation sites (N-methyl/N-ethyl adjacent to an activating group) is 1. The summed E-state index contributed by atoms with van der Waals surface area (Å²) in [6.45, 7) is 1.90. The van der Waals surface area contributed by atoms with Gasteiger partial charge >= 0.3 is 0 Å². The van der Waals surface area contributed by atoms with E-state index in [9.17, 15) is 4.79 Å². The van der Waals surface area contributed by atoms with Gasteiger partial charge in [-0.15, -0.1) is 0 Å². The summed E-state index contributed by atoms with van der Waals surface area (Å²) in [4.78, 5) is 15.9. The highest BCUT2D eigenvalue weighted by Crippen LogP contribution is 2.22. The van der Waals surface area contributed by atoms with Crippen LogP contribution in [-0.4, -0.2) is 43.5 Å². The van der Waals surface area contributed by atoms with Gasteiger partial charge < -0.3 is 15.5 Å². The maximum absolute atomic E-state index is 12.0. The number of amides is 1. The van der Waals surface area contributed by atoms with E-state index >= 15 is 0 Å². The Labute approximate surface area is 116 Å². The van der Waals surface area contributed by atoms with Crippen LogP contribution in [0.2, 0.25) is 0 Å². The van der Waals surface area contributed by atoms with Gasteiger partial charge in [0.25, 0.3) is 0 Å². The van der Waals surface area contributed by atoms with Crippen molar-refractivity contribution < 1.29 is 4.79 Å². The lowest BCUT2D eigenvalue weighted by molar-refractivity contribution is -0.132. The van der Waals surface area contributed by atoms with Crippen LogP contribution in [0.4, 0.5) is 5.69 Å². The van der Waals surface area contributed by atoms with Gasteiger partial charge in [-0.1, -0.05) is 15.9 Å². The minimum atomic E-state index is 0.155. The summed E-state index contributed by atoms with van der Waals surface area (Å²) in [6, 6.07) is 8.26. The fourth-order valence-corrected chi connectivity index (χ4v) is 2.51. The Morgan fingerprint density at radius 1 is 1.39 bits per heavy atom. The van der Waals surface area contributed by atoms with E-state index in [0.717, 1.165) is 23.1 Å². The zero-order valence-corrected chi connectivity index (χ0v) is 12.1. The average molecular weight is 312 g/mol. The first kappa shape index (κ1) is 13.4. The van der Waals surface area contributed by atoms with E-state index in [0.29, 0.717) is 13.1 Å². The molecule has 18 heavy (non-hydrogen) atoms. The van der Waals surface area contributed by atoms with Crippen LogP contribution in [0.5, 0.6) is 0 Å². The number of rotatable bonds is 3. The van der Waals surface area contributed by atoms with Gasteiger partial charge in [0.15, 0.2) is 0 Å². The SMILES string of the molecule is CN1C(=O)CN(c2ccc(Br)cc2)CC1CCN. The predicted molar refractivity (Wildman–Crippen MR) is 76.6 cm³/mol. The molecule has 0 aromatic heterocycles. The number of hydrogen-bond donors (Lipinski definition) is 1. The molecular weight excluding hydrogens is 294 g/mol. The van der Waals surface area contributed by atoms with Crippen molar-refractivity contribution in [1.29, 1.82) is 0 Å². The van der Waals surface area contributed by atoms with Crippen LogP contribution >= 0.6 is 15.9 Å². The Bertz CT molecular complexity index is 421. The van der Waals surface area contributed by atoms with E-state index in [-0.39, 0.29) is 11.9 Å². The third-order valence-electron chi connectivity index (χ3n) is 3.39. The van der Waals surface area contributed by atoms with Crippen molar-refractivity contribution in [2.75, 3.05) is 31.6 Å². The highest BCUT2D eigenvalue weighted by molar-refractivity contribution is 9.10. The number of carbonyl (C=O) groups is 1. The number of carbonyl (C=O) groups excluding carboxylic acids is 1. The number of nitrogens with two attached hydrogens (primary N) is 1. The molecule has 1 heterocycles. The van der Waals surface area contributed by atoms with Crippen LogP contribution in [0.15, 0.2) is 28.7 Å². The second kappa shape index (κ2) is 5.71. The van der Waals surface area contributed by atoms with E-state index in [1.807, 2.05) is 36.2 Å². The fourth-order valence-electron chi connectivity index (χ4n) is 2.25. The number of halogens is 1. The van der Waals surface area contributed by atoms with Gasteiger partial charge in [-0.05, 0) is 37.2 Å². The molecule has 0 bridgehead atoms. The Kier molecular flexibility index (Phi) is 4.24. The summed E-state index contributed by atoms with van der Waals surface area (Å²) >= 11 is 3.42. The van der Waals surface area contributed by atoms with Crippen molar-refractivity contribution in [3.05, 3.63) is 28.7 Å². The topological polar surface area (TPSA) is 49.6 Å². The number of benzene rings is 1. The van der Waals surface area contributed by atoms with Crippen LogP contribution in [0.3, 0.4) is 0 Å². The van der Waals surface area contributed by atoms with E-state index in [1.54, 1.807) is 0 Å². The Balaban J connectivity index is 2.14. The molecule has 1 aromatic carbocycles. The van der Waals surface area contributed by atoms with Gasteiger partial charge in [0.2, 0.25) is 5.91 Å². The summed E-state index contributed by atoms with van der Waals surface area (Å²) in [5, 5.41) is 0. The summed E-state index contributed by atoms with van der Waals surface area (Å²) in [5.74, 6) is 0.155. The molecule has 2 N–H and O–H groups in total. The third-order valence-corrected chi connectivity index (χ3v) is 3.92. The van der Waals surface area contributed by atoms with Crippen LogP contribution in [0.1, 0.15) is 6.42 Å². The standard InChI is InChI=1S/C13H18BrN3O/c1-16-12(6-7-15)8-17(9-13(16)18)11-4-2-10(14)3-5-11/h2-5,12H,6-9,15H2,1H3. The molecule has 0 spiro atoms. The van der Waals surface area contributed by atoms with Crippen molar-refractivity contribution in [3.8, 4) is 0 Å². The number of nitrogens with zero attached hydrogens (tertiary/aromatic N) is 2. The maximum Gasteiger partial charge on any atom is 0.242 e. The maximum atomic E-state index is 12.0. The van der Waals surface area contributed by atoms with E-state index < -0.39 is 0 Å². The van der Waals surface area contributed by atoms with Gasteiger partial charge in [-0.2, -0.15) is 0 Å². The molecular formula is C13H18BrN3O. The normalized spacial score (nSPS) is 20.4. The molecule has 1 unspecified atom stereocenters. The van der Waals surface area contributed by atoms with Gasteiger partial charge in [0.05, 0.1) is 12.6 Å². The van der Waals surface area contributed by atoms with Crippen LogP contribution < -0.4 is 10.6 Å². The highest BCUT2D eigenvalue weighted by atomic mass is 79.9. The second-order valence-electron chi connectivity index (χ2n) is 4.59. The molecule has 1 aromatic rings. The Hall–Kier alpha value is -1.07. The molecule has 98 valence electrons. The lowest BCUT2D eigenvalue weighted by atomic mass is 10.1. The highest BCUT2D eigenvalue weighted by Gasteiger charge is 2.29. The molecule has 0 aliphatic carbocycles. The molecule has 0 radical (unpaired) electrons. The first-order valence-electron chi connectivity index (χ1n) is 6.08. The van der Waals surface area contributed by atoms with Crippen LogP contribution in [0.25, 0.3) is 0 Å². The zero-order chi connectivity index (χ0) is 13.1. The quantitative estimate of drug-likeness (QED) is 0.919. The molecule has 5 heteroatoms. The first-order valence-corrected chi connectivity index (χ1v) is 6.87. The summed E-state index contributed by atoms with van der Waals surface area (Å²) < 4.78 is 1.05. The van der Waals surface area contributed by atoms with Crippen molar-refractivity contribution in [2.45, 2.75) is 12.5 Å². The fraction of sp³-hybridized carbons (Fsp3) is 0.462. The molecule has 1 saturated heterocycles. The molecule has 4 nitrogen and oxygen atoms in total. The van der Waals surface area contributed by atoms with E-state index in [4.69, 9.17) is 5.73 Å². The molecule has 1 atom stereocenters. The summed E-state index contributed by atoms with van der Waals surface area (Å²) in [6.07, 6.45) is 0.843. The largest absolute Gasteiger partial charge is 0.360 e. The first-order chi connectivity index (χ1) is 8.61. The molecule has 1 amide bonds. The molecule has 2 rings (SSSR count). The Morgan fingerprint density at radius 3 is 2.67 bits per heavy atom. The average Bonchev–Trinajstić information content (AvgIpc) is 2.36. The van der Waals surface area contributed by atoms with Gasteiger partial charge in [-0.25, -0.2) is 0 Å². The smallest absolute Gasteiger partial charge is 0.242 e. The third kappa shape index (κ3) is 2.84. The summed E-state index contributed by atoms with van der Waals surface area (Å²) in [7, 11) is 1.86. The van der Waals surface area contributed by atoms with E-state index in [2.05, 4.69) is 20.8 Å². The monoisotopic (exact) mass is 311 g/mol. The van der Waals surface area contributed by atoms with Gasteiger partial charge in [-0.3, -0.25) is 4.79 Å². The lowest BCUT2D eigenvalue weighted by Gasteiger charge is -2.40. The summed E-state index contributed by atoms with van der Waals surface area (Å²) in [5.41, 5.74) is 6.69. The molecule has 0 saturated carbocycles. The van der Waals surface area contributed by atoms with Crippen LogP contribution in [0, 0.1) is 0 Å². The minimum Gasteiger partial charge on any atom is -0.360 e. The molecule has 1 fully saturated rings. The second-order valence-corrected chi connectivity index (χ2v) is 5.51. The minimum absolute atomic E-state index is 0.155. The van der Waals surface area contributed by atoms with Crippen molar-refractivity contribution in [3.63, 3.8) is 0 Å². The van der Waals surface area contributed by atoms with Crippen molar-refractivity contribution >= 4 is 27.5 Å². The number of piperazine rings is 1.